The van der Waals surface area contributed by atoms with Crippen LogP contribution in [0.2, 0.25) is 0 Å². The summed E-state index contributed by atoms with van der Waals surface area (Å²) in [5.74, 6) is -0.313. The number of methoxy groups -OCH3 is 2. The Morgan fingerprint density at radius 3 is 2.45 bits per heavy atom. The molecule has 0 saturated carbocycles. The van der Waals surface area contributed by atoms with Crippen molar-refractivity contribution in [2.45, 2.75) is 26.8 Å². The standard InChI is InChI=1S/C29H33IN4O10/c1-6-41-22-11-17(10-19(30)27(22)44-15-24(36)40-5)13-31-34-23(35)14-43-20-9-8-18(12-21(20)39-4)26-25(28(37)42-7-2)16(3)32-29(38)33-26/h8-13,26H,6-7,14-15H2,1-5H3,(H,34,35)(H2,32,33,38)/b31-13-/t26-/m1/s1. The van der Waals surface area contributed by atoms with Crippen molar-refractivity contribution in [1.82, 2.24) is 16.1 Å². The number of nitrogens with one attached hydrogen (secondary N) is 3. The minimum Gasteiger partial charge on any atom is -0.493 e. The molecular formula is C29H33IN4O10. The van der Waals surface area contributed by atoms with Gasteiger partial charge in [0.25, 0.3) is 5.91 Å². The maximum absolute atomic E-state index is 12.6. The fourth-order valence-corrected chi connectivity index (χ4v) is 4.80. The molecule has 44 heavy (non-hydrogen) atoms. The number of esters is 2. The van der Waals surface area contributed by atoms with Crippen molar-refractivity contribution in [3.63, 3.8) is 0 Å². The summed E-state index contributed by atoms with van der Waals surface area (Å²) in [6.07, 6.45) is 1.42. The highest BCUT2D eigenvalue weighted by Gasteiger charge is 2.32. The molecule has 1 aliphatic rings. The zero-order chi connectivity index (χ0) is 32.2. The lowest BCUT2D eigenvalue weighted by Crippen LogP contribution is -2.45. The third-order valence-electron chi connectivity index (χ3n) is 5.94. The van der Waals surface area contributed by atoms with Crippen LogP contribution in [0, 0.1) is 3.57 Å². The van der Waals surface area contributed by atoms with Crippen molar-refractivity contribution in [3.8, 4) is 23.0 Å². The molecule has 0 saturated heterocycles. The van der Waals surface area contributed by atoms with Crippen molar-refractivity contribution >= 4 is 52.7 Å². The van der Waals surface area contributed by atoms with Gasteiger partial charge < -0.3 is 39.1 Å². The maximum atomic E-state index is 12.6. The van der Waals surface area contributed by atoms with E-state index in [2.05, 4.69) is 25.9 Å². The second kappa shape index (κ2) is 16.3. The molecule has 15 heteroatoms. The summed E-state index contributed by atoms with van der Waals surface area (Å²) in [4.78, 5) is 48.7. The molecule has 0 bridgehead atoms. The van der Waals surface area contributed by atoms with Crippen molar-refractivity contribution in [3.05, 3.63) is 56.3 Å². The average Bonchev–Trinajstić information content (AvgIpc) is 2.99. The van der Waals surface area contributed by atoms with Gasteiger partial charge in [-0.1, -0.05) is 6.07 Å². The van der Waals surface area contributed by atoms with E-state index >= 15 is 0 Å². The minimum atomic E-state index is -0.789. The number of hydrazone groups is 1. The number of benzene rings is 2. The van der Waals surface area contributed by atoms with E-state index in [-0.39, 0.29) is 36.9 Å². The molecule has 0 spiro atoms. The Hall–Kier alpha value is -4.54. The smallest absolute Gasteiger partial charge is 0.343 e. The van der Waals surface area contributed by atoms with Crippen LogP contribution in [0.3, 0.4) is 0 Å². The van der Waals surface area contributed by atoms with Gasteiger partial charge in [-0.25, -0.2) is 19.8 Å². The number of hydrogen-bond acceptors (Lipinski definition) is 11. The quantitative estimate of drug-likeness (QED) is 0.114. The second-order valence-electron chi connectivity index (χ2n) is 8.91. The number of ether oxygens (including phenoxy) is 6. The molecule has 0 radical (unpaired) electrons. The van der Waals surface area contributed by atoms with E-state index in [0.717, 1.165) is 0 Å². The lowest BCUT2D eigenvalue weighted by molar-refractivity contribution is -0.143. The molecule has 0 fully saturated rings. The molecule has 236 valence electrons. The van der Waals surface area contributed by atoms with Gasteiger partial charge in [-0.15, -0.1) is 0 Å². The Balaban J connectivity index is 1.67. The first-order chi connectivity index (χ1) is 21.1. The number of carbonyl (C=O) groups excluding carboxylic acids is 4. The molecule has 3 N–H and O–H groups in total. The minimum absolute atomic E-state index is 0.172. The van der Waals surface area contributed by atoms with Gasteiger partial charge in [0.15, 0.2) is 36.2 Å². The van der Waals surface area contributed by atoms with Crippen LogP contribution in [0.5, 0.6) is 23.0 Å². The Bertz CT molecular complexity index is 1460. The van der Waals surface area contributed by atoms with E-state index in [1.165, 1.54) is 20.4 Å². The van der Waals surface area contributed by atoms with Crippen molar-refractivity contribution in [2.24, 2.45) is 5.10 Å². The third-order valence-corrected chi connectivity index (χ3v) is 6.74. The first kappa shape index (κ1) is 34.0. The molecule has 1 heterocycles. The predicted molar refractivity (Wildman–Crippen MR) is 166 cm³/mol. The number of nitrogens with zero attached hydrogens (tertiary/aromatic N) is 1. The molecule has 1 aliphatic heterocycles. The lowest BCUT2D eigenvalue weighted by atomic mass is 9.95. The average molecular weight is 725 g/mol. The van der Waals surface area contributed by atoms with Crippen molar-refractivity contribution < 1.29 is 47.6 Å². The maximum Gasteiger partial charge on any atom is 0.343 e. The van der Waals surface area contributed by atoms with Crippen LogP contribution in [0.4, 0.5) is 4.79 Å². The van der Waals surface area contributed by atoms with Gasteiger partial charge in [-0.3, -0.25) is 4.79 Å². The largest absolute Gasteiger partial charge is 0.493 e. The normalized spacial score (nSPS) is 14.3. The number of amides is 3. The van der Waals surface area contributed by atoms with Crippen LogP contribution in [-0.2, 0) is 23.9 Å². The lowest BCUT2D eigenvalue weighted by Gasteiger charge is -2.28. The summed E-state index contributed by atoms with van der Waals surface area (Å²) < 4.78 is 32.7. The van der Waals surface area contributed by atoms with E-state index in [1.807, 2.05) is 29.5 Å². The van der Waals surface area contributed by atoms with Crippen LogP contribution in [-0.4, -0.2) is 70.7 Å². The first-order valence-electron chi connectivity index (χ1n) is 13.4. The Labute approximate surface area is 267 Å². The zero-order valence-corrected chi connectivity index (χ0v) is 26.9. The van der Waals surface area contributed by atoms with E-state index in [4.69, 9.17) is 23.7 Å². The molecule has 2 aromatic carbocycles. The predicted octanol–water partition coefficient (Wildman–Crippen LogP) is 2.97. The molecule has 2 aromatic rings. The molecule has 0 aromatic heterocycles. The molecule has 3 rings (SSSR count). The third kappa shape index (κ3) is 8.98. The molecule has 1 atom stereocenters. The number of hydrogen-bond donors (Lipinski definition) is 3. The van der Waals surface area contributed by atoms with Crippen LogP contribution < -0.4 is 35.0 Å². The molecule has 0 unspecified atom stereocenters. The zero-order valence-electron chi connectivity index (χ0n) is 24.8. The Morgan fingerprint density at radius 1 is 1.00 bits per heavy atom. The van der Waals surface area contributed by atoms with Gasteiger partial charge >= 0.3 is 18.0 Å². The number of urea groups is 1. The van der Waals surface area contributed by atoms with E-state index in [0.29, 0.717) is 38.5 Å². The summed E-state index contributed by atoms with van der Waals surface area (Å²) in [7, 11) is 2.69. The van der Waals surface area contributed by atoms with E-state index < -0.39 is 29.9 Å². The fourth-order valence-electron chi connectivity index (χ4n) is 4.02. The summed E-state index contributed by atoms with van der Waals surface area (Å²) in [5.41, 5.74) is 4.18. The van der Waals surface area contributed by atoms with Crippen molar-refractivity contribution in [1.29, 1.82) is 0 Å². The van der Waals surface area contributed by atoms with Gasteiger partial charge in [0.05, 0.1) is 48.8 Å². The SMILES string of the molecule is CCOC(=O)C1=C(C)NC(=O)N[C@@H]1c1ccc(OCC(=O)N/N=C\c2cc(I)c(OCC(=O)OC)c(OCC)c2)c(OC)c1. The molecular weight excluding hydrogens is 691 g/mol. The summed E-state index contributed by atoms with van der Waals surface area (Å²) in [6.45, 7) is 4.99. The van der Waals surface area contributed by atoms with Crippen LogP contribution in [0.25, 0.3) is 0 Å². The van der Waals surface area contributed by atoms with Crippen LogP contribution in [0.1, 0.15) is 37.9 Å². The van der Waals surface area contributed by atoms with E-state index in [9.17, 15) is 19.2 Å². The topological polar surface area (TPSA) is 172 Å². The van der Waals surface area contributed by atoms with Crippen LogP contribution in [0.15, 0.2) is 46.7 Å². The summed E-state index contributed by atoms with van der Waals surface area (Å²) in [5, 5.41) is 9.28. The van der Waals surface area contributed by atoms with E-state index in [1.54, 1.807) is 44.2 Å². The highest BCUT2D eigenvalue weighted by molar-refractivity contribution is 14.1. The number of halogens is 1. The molecule has 14 nitrogen and oxygen atoms in total. The second-order valence-corrected chi connectivity index (χ2v) is 10.1. The molecule has 0 aliphatic carbocycles. The monoisotopic (exact) mass is 724 g/mol. The molecule has 3 amide bonds. The van der Waals surface area contributed by atoms with Crippen molar-refractivity contribution in [2.75, 3.05) is 40.6 Å². The van der Waals surface area contributed by atoms with Crippen LogP contribution >= 0.6 is 22.6 Å². The highest BCUT2D eigenvalue weighted by Crippen LogP contribution is 2.35. The van der Waals surface area contributed by atoms with Gasteiger partial charge in [0.2, 0.25) is 0 Å². The van der Waals surface area contributed by atoms with Gasteiger partial charge in [-0.05, 0) is 78.8 Å². The summed E-state index contributed by atoms with van der Waals surface area (Å²) in [6, 6.07) is 6.95. The Kier molecular flexibility index (Phi) is 12.6. The van der Waals surface area contributed by atoms with Gasteiger partial charge in [-0.2, -0.15) is 5.10 Å². The fraction of sp³-hybridized carbons (Fsp3) is 0.345. The first-order valence-corrected chi connectivity index (χ1v) is 14.4. The number of allylic oxidation sites excluding steroid dienone is 1. The number of carbonyl (C=O) groups is 4. The van der Waals surface area contributed by atoms with Gasteiger partial charge in [0.1, 0.15) is 0 Å². The number of rotatable bonds is 14. The van der Waals surface area contributed by atoms with Gasteiger partial charge in [0, 0.05) is 5.70 Å². The Morgan fingerprint density at radius 2 is 1.77 bits per heavy atom. The summed E-state index contributed by atoms with van der Waals surface area (Å²) >= 11 is 2.04. The highest BCUT2D eigenvalue weighted by atomic mass is 127.